The summed E-state index contributed by atoms with van der Waals surface area (Å²) in [4.78, 5) is 35.6. The van der Waals surface area contributed by atoms with Crippen LogP contribution in [-0.4, -0.2) is 68.3 Å². The highest BCUT2D eigenvalue weighted by Gasteiger charge is 2.27. The first-order chi connectivity index (χ1) is 16.1. The van der Waals surface area contributed by atoms with Gasteiger partial charge < -0.3 is 25.0 Å². The maximum Gasteiger partial charge on any atom is 0.321 e. The predicted octanol–water partition coefficient (Wildman–Crippen LogP) is 2.03. The molecule has 10 heteroatoms. The van der Waals surface area contributed by atoms with Crippen LogP contribution in [0, 0.1) is 5.92 Å². The minimum Gasteiger partial charge on any atom is -0.463 e. The van der Waals surface area contributed by atoms with Gasteiger partial charge in [-0.25, -0.2) is 4.98 Å². The second-order valence-electron chi connectivity index (χ2n) is 8.96. The fourth-order valence-corrected chi connectivity index (χ4v) is 4.17. The highest BCUT2D eigenvalue weighted by atomic mass is 16.5. The number of hydrogen-bond acceptors (Lipinski definition) is 8. The number of aliphatic hydroxyl groups excluding tert-OH is 1. The number of fused-ring (bicyclic) bond motifs is 1. The van der Waals surface area contributed by atoms with E-state index in [9.17, 15) is 9.90 Å². The number of hydrogen-bond donors (Lipinski definition) is 3. The van der Waals surface area contributed by atoms with Crippen LogP contribution >= 0.6 is 0 Å². The summed E-state index contributed by atoms with van der Waals surface area (Å²) < 4.78 is 5.78. The number of ether oxygens (including phenoxy) is 1. The van der Waals surface area contributed by atoms with E-state index < -0.39 is 11.9 Å². The van der Waals surface area contributed by atoms with Crippen LogP contribution in [0.25, 0.3) is 11.0 Å². The molecule has 3 aromatic heterocycles. The monoisotopic (exact) mass is 451 g/mol. The van der Waals surface area contributed by atoms with E-state index in [0.29, 0.717) is 24.4 Å². The zero-order chi connectivity index (χ0) is 22.8. The first kappa shape index (κ1) is 21.6. The number of rotatable bonds is 8. The van der Waals surface area contributed by atoms with Gasteiger partial charge in [0.15, 0.2) is 0 Å². The lowest BCUT2D eigenvalue weighted by atomic mass is 9.89. The largest absolute Gasteiger partial charge is 0.463 e. The Bertz CT molecular complexity index is 1120. The van der Waals surface area contributed by atoms with Crippen LogP contribution in [0.1, 0.15) is 54.7 Å². The Morgan fingerprint density at radius 3 is 2.85 bits per heavy atom. The van der Waals surface area contributed by atoms with Crippen molar-refractivity contribution in [1.82, 2.24) is 30.2 Å². The molecule has 2 aliphatic rings. The van der Waals surface area contributed by atoms with Crippen molar-refractivity contribution in [2.75, 3.05) is 31.2 Å². The van der Waals surface area contributed by atoms with E-state index in [0.717, 1.165) is 44.4 Å². The summed E-state index contributed by atoms with van der Waals surface area (Å²) in [6, 6.07) is 3.86. The summed E-state index contributed by atoms with van der Waals surface area (Å²) in [6.07, 6.45) is 8.04. The number of aliphatic hydroxyl groups is 1. The molecule has 0 bridgehead atoms. The van der Waals surface area contributed by atoms with Gasteiger partial charge in [-0.05, 0) is 62.1 Å². The Labute approximate surface area is 191 Å². The highest BCUT2D eigenvalue weighted by molar-refractivity contribution is 5.91. The lowest BCUT2D eigenvalue weighted by Crippen LogP contribution is -2.38. The van der Waals surface area contributed by atoms with E-state index >= 15 is 0 Å². The molecule has 4 heterocycles. The average molecular weight is 452 g/mol. The van der Waals surface area contributed by atoms with E-state index in [2.05, 4.69) is 47.4 Å². The number of nitrogens with zero attached hydrogens (tertiary/aromatic N) is 5. The van der Waals surface area contributed by atoms with Crippen LogP contribution < -0.4 is 15.0 Å². The van der Waals surface area contributed by atoms with Crippen LogP contribution in [-0.2, 0) is 0 Å². The van der Waals surface area contributed by atoms with Crippen molar-refractivity contribution < 1.29 is 14.6 Å². The van der Waals surface area contributed by atoms with Gasteiger partial charge in [-0.3, -0.25) is 4.79 Å². The summed E-state index contributed by atoms with van der Waals surface area (Å²) in [5, 5.41) is 13.1. The first-order valence-corrected chi connectivity index (χ1v) is 11.6. The number of anilines is 1. The van der Waals surface area contributed by atoms with E-state index in [4.69, 9.17) is 4.74 Å². The van der Waals surface area contributed by atoms with Crippen molar-refractivity contribution >= 4 is 22.9 Å². The Morgan fingerprint density at radius 1 is 1.27 bits per heavy atom. The minimum atomic E-state index is -0.447. The second kappa shape index (κ2) is 9.30. The van der Waals surface area contributed by atoms with Crippen molar-refractivity contribution in [1.29, 1.82) is 0 Å². The molecule has 0 unspecified atom stereocenters. The van der Waals surface area contributed by atoms with Crippen molar-refractivity contribution in [2.24, 2.45) is 5.92 Å². The molecule has 10 nitrogen and oxygen atoms in total. The van der Waals surface area contributed by atoms with E-state index in [1.807, 2.05) is 6.07 Å². The van der Waals surface area contributed by atoms with Crippen LogP contribution in [0.5, 0.6) is 6.01 Å². The van der Waals surface area contributed by atoms with Crippen LogP contribution in [0.15, 0.2) is 24.5 Å². The molecule has 0 spiro atoms. The Kier molecular flexibility index (Phi) is 6.08. The fraction of sp³-hybridized carbons (Fsp3) is 0.522. The molecule has 1 saturated heterocycles. The van der Waals surface area contributed by atoms with E-state index in [1.165, 1.54) is 10.9 Å². The maximum absolute atomic E-state index is 12.6. The third-order valence-corrected chi connectivity index (χ3v) is 6.30. The molecule has 1 saturated carbocycles. The number of H-pyrrole nitrogens is 1. The van der Waals surface area contributed by atoms with Gasteiger partial charge in [-0.15, -0.1) is 0 Å². The molecule has 0 radical (unpaired) electrons. The van der Waals surface area contributed by atoms with E-state index in [1.54, 1.807) is 13.1 Å². The van der Waals surface area contributed by atoms with E-state index in [-0.39, 0.29) is 18.4 Å². The molecular formula is C23H29N7O3. The number of aromatic nitrogens is 5. The Hall–Kier alpha value is -3.27. The predicted molar refractivity (Wildman–Crippen MR) is 122 cm³/mol. The molecule has 3 N–H and O–H groups in total. The van der Waals surface area contributed by atoms with Crippen LogP contribution in [0.4, 0.5) is 5.95 Å². The van der Waals surface area contributed by atoms with Gasteiger partial charge in [-0.2, -0.15) is 15.0 Å². The third kappa shape index (κ3) is 4.90. The zero-order valence-corrected chi connectivity index (χ0v) is 18.7. The molecule has 3 aromatic rings. The van der Waals surface area contributed by atoms with Crippen molar-refractivity contribution in [3.05, 3.63) is 35.9 Å². The number of nitrogens with one attached hydrogen (secondary N) is 2. The second-order valence-corrected chi connectivity index (χ2v) is 8.96. The number of carbonyl (C=O) groups excluding carboxylic acids is 1. The van der Waals surface area contributed by atoms with Crippen molar-refractivity contribution in [2.45, 2.75) is 44.6 Å². The number of pyridine rings is 1. The molecule has 174 valence electrons. The lowest BCUT2D eigenvalue weighted by Gasteiger charge is -2.32. The summed E-state index contributed by atoms with van der Waals surface area (Å²) in [6.45, 7) is 3.63. The average Bonchev–Trinajstić information content (AvgIpc) is 3.59. The number of amides is 1. The Balaban J connectivity index is 1.32. The quantitative estimate of drug-likeness (QED) is 0.474. The summed E-state index contributed by atoms with van der Waals surface area (Å²) >= 11 is 0. The molecule has 33 heavy (non-hydrogen) atoms. The number of carbonyl (C=O) groups is 1. The van der Waals surface area contributed by atoms with Crippen molar-refractivity contribution in [3.8, 4) is 6.01 Å². The summed E-state index contributed by atoms with van der Waals surface area (Å²) in [5.41, 5.74) is 2.21. The zero-order valence-electron chi connectivity index (χ0n) is 18.7. The number of aromatic amines is 1. The molecule has 5 rings (SSSR count). The molecule has 1 atom stereocenters. The standard InChI is InChI=1S/C23H29N7O3/c1-14(12-31)26-21(32)20-27-22(29-23(28-20)33-13-15-4-5-15)30-9-6-16(7-10-30)18-11-25-19-17(18)3-2-8-24-19/h2-3,8,11,14-16,31H,4-7,9-10,12-13H2,1H3,(H,24,25)(H,26,32)/t14-/m1/s1. The third-order valence-electron chi connectivity index (χ3n) is 6.30. The maximum atomic E-state index is 12.6. The molecule has 2 fully saturated rings. The van der Waals surface area contributed by atoms with Crippen LogP contribution in [0.3, 0.4) is 0 Å². The Morgan fingerprint density at radius 2 is 2.09 bits per heavy atom. The molecule has 1 aliphatic heterocycles. The van der Waals surface area contributed by atoms with Gasteiger partial charge in [0.1, 0.15) is 5.65 Å². The highest BCUT2D eigenvalue weighted by Crippen LogP contribution is 2.34. The van der Waals surface area contributed by atoms with Crippen molar-refractivity contribution in [3.63, 3.8) is 0 Å². The molecule has 0 aromatic carbocycles. The number of piperidine rings is 1. The topological polar surface area (TPSA) is 129 Å². The molecule has 1 aliphatic carbocycles. The van der Waals surface area contributed by atoms with Gasteiger partial charge in [-0.1, -0.05) is 0 Å². The first-order valence-electron chi connectivity index (χ1n) is 11.6. The van der Waals surface area contributed by atoms with Gasteiger partial charge in [0.25, 0.3) is 5.91 Å². The van der Waals surface area contributed by atoms with Gasteiger partial charge in [0, 0.05) is 36.9 Å². The fourth-order valence-electron chi connectivity index (χ4n) is 4.17. The minimum absolute atomic E-state index is 0.0101. The normalized spacial score (nSPS) is 17.8. The van der Waals surface area contributed by atoms with Gasteiger partial charge in [0.05, 0.1) is 13.2 Å². The SMILES string of the molecule is C[C@H](CO)NC(=O)c1nc(OCC2CC2)nc(N2CCC(c3c[nH]c4ncccc34)CC2)n1. The lowest BCUT2D eigenvalue weighted by molar-refractivity contribution is 0.0909. The molecule has 1 amide bonds. The van der Waals surface area contributed by atoms with Gasteiger partial charge in [0.2, 0.25) is 11.8 Å². The smallest absolute Gasteiger partial charge is 0.321 e. The summed E-state index contributed by atoms with van der Waals surface area (Å²) in [5.74, 6) is 0.975. The van der Waals surface area contributed by atoms with Gasteiger partial charge >= 0.3 is 6.01 Å². The van der Waals surface area contributed by atoms with Crippen LogP contribution in [0.2, 0.25) is 0 Å². The molecular weight excluding hydrogens is 422 g/mol. The summed E-state index contributed by atoms with van der Waals surface area (Å²) in [7, 11) is 0.